The van der Waals surface area contributed by atoms with Crippen LogP contribution >= 0.6 is 22.9 Å². The molecule has 0 unspecified atom stereocenters. The van der Waals surface area contributed by atoms with Gasteiger partial charge in [0.2, 0.25) is 0 Å². The summed E-state index contributed by atoms with van der Waals surface area (Å²) in [4.78, 5) is 14.3. The number of carboxylic acid groups (broad SMARTS) is 1. The van der Waals surface area contributed by atoms with Crippen molar-refractivity contribution in [1.82, 2.24) is 4.98 Å². The molecule has 2 aromatic heterocycles. The summed E-state index contributed by atoms with van der Waals surface area (Å²) >= 11 is 6.58. The minimum Gasteiger partial charge on any atom is -0.477 e. The second-order valence-electron chi connectivity index (χ2n) is 3.40. The van der Waals surface area contributed by atoms with Gasteiger partial charge in [-0.1, -0.05) is 11.6 Å². The molecule has 2 aromatic rings. The molecule has 0 aliphatic heterocycles. The Morgan fingerprint density at radius 1 is 1.47 bits per heavy atom. The van der Waals surface area contributed by atoms with Crippen LogP contribution in [0.1, 0.15) is 9.67 Å². The van der Waals surface area contributed by atoms with Crippen molar-refractivity contribution in [2.75, 3.05) is 4.72 Å². The highest BCUT2D eigenvalue weighted by atomic mass is 35.5. The third-order valence-corrected chi connectivity index (χ3v) is 4.81. The van der Waals surface area contributed by atoms with Crippen LogP contribution in [0.2, 0.25) is 5.15 Å². The highest BCUT2D eigenvalue weighted by Crippen LogP contribution is 2.24. The molecule has 0 spiro atoms. The molecule has 19 heavy (non-hydrogen) atoms. The predicted molar refractivity (Wildman–Crippen MR) is 71.3 cm³/mol. The van der Waals surface area contributed by atoms with Gasteiger partial charge in [-0.05, 0) is 18.2 Å². The van der Waals surface area contributed by atoms with Crippen molar-refractivity contribution >= 4 is 44.6 Å². The molecule has 2 heterocycles. The zero-order chi connectivity index (χ0) is 14.0. The summed E-state index contributed by atoms with van der Waals surface area (Å²) in [5.41, 5.74) is 0.132. The van der Waals surface area contributed by atoms with Crippen LogP contribution in [-0.4, -0.2) is 24.5 Å². The zero-order valence-electron chi connectivity index (χ0n) is 9.20. The van der Waals surface area contributed by atoms with Gasteiger partial charge in [0.25, 0.3) is 10.0 Å². The Balaban J connectivity index is 2.32. The Kier molecular flexibility index (Phi) is 3.74. The van der Waals surface area contributed by atoms with Gasteiger partial charge in [-0.25, -0.2) is 18.2 Å². The summed E-state index contributed by atoms with van der Waals surface area (Å²) in [6, 6.07) is 4.07. The first kappa shape index (κ1) is 13.8. The molecule has 6 nitrogen and oxygen atoms in total. The summed E-state index contributed by atoms with van der Waals surface area (Å²) < 4.78 is 26.3. The minimum absolute atomic E-state index is 0.0137. The largest absolute Gasteiger partial charge is 0.477 e. The van der Waals surface area contributed by atoms with E-state index in [2.05, 4.69) is 9.71 Å². The van der Waals surface area contributed by atoms with E-state index >= 15 is 0 Å². The molecule has 0 fully saturated rings. The van der Waals surface area contributed by atoms with E-state index in [0.717, 1.165) is 17.4 Å². The van der Waals surface area contributed by atoms with Crippen molar-refractivity contribution in [3.05, 3.63) is 39.8 Å². The van der Waals surface area contributed by atoms with Crippen LogP contribution in [-0.2, 0) is 10.0 Å². The second kappa shape index (κ2) is 5.16. The Hall–Kier alpha value is -1.64. The van der Waals surface area contributed by atoms with E-state index in [0.29, 0.717) is 0 Å². The standard InChI is InChI=1S/C10H7ClN2O4S2/c11-9-7(2-1-3-12-9)13-19(16,17)6-4-8(10(14)15)18-5-6/h1-5,13H,(H,14,15). The number of aromatic carboxylic acids is 1. The predicted octanol–water partition coefficient (Wildman–Crippen LogP) is 2.30. The van der Waals surface area contributed by atoms with Gasteiger partial charge in [0.15, 0.2) is 5.15 Å². The molecule has 2 rings (SSSR count). The number of nitrogens with one attached hydrogen (secondary N) is 1. The van der Waals surface area contributed by atoms with Gasteiger partial charge in [0.05, 0.1) is 10.6 Å². The van der Waals surface area contributed by atoms with Crippen LogP contribution in [0.5, 0.6) is 0 Å². The number of carbonyl (C=O) groups is 1. The first-order valence-corrected chi connectivity index (χ1v) is 7.59. The molecule has 0 bridgehead atoms. The van der Waals surface area contributed by atoms with Crippen molar-refractivity contribution in [2.45, 2.75) is 4.90 Å². The van der Waals surface area contributed by atoms with E-state index in [4.69, 9.17) is 16.7 Å². The average Bonchev–Trinajstić information content (AvgIpc) is 2.82. The van der Waals surface area contributed by atoms with Crippen molar-refractivity contribution in [3.8, 4) is 0 Å². The number of nitrogens with zero attached hydrogens (tertiary/aromatic N) is 1. The van der Waals surface area contributed by atoms with Crippen molar-refractivity contribution in [2.24, 2.45) is 0 Å². The number of halogens is 1. The number of sulfonamides is 1. The third kappa shape index (κ3) is 3.03. The number of carboxylic acids is 1. The van der Waals surface area contributed by atoms with E-state index in [1.54, 1.807) is 0 Å². The maximum absolute atomic E-state index is 12.0. The molecular formula is C10H7ClN2O4S2. The summed E-state index contributed by atoms with van der Waals surface area (Å²) in [6.45, 7) is 0. The summed E-state index contributed by atoms with van der Waals surface area (Å²) in [5, 5.41) is 10.0. The molecule has 0 atom stereocenters. The highest BCUT2D eigenvalue weighted by Gasteiger charge is 2.19. The van der Waals surface area contributed by atoms with Crippen molar-refractivity contribution < 1.29 is 18.3 Å². The van der Waals surface area contributed by atoms with Gasteiger partial charge in [-0.15, -0.1) is 11.3 Å². The first-order valence-electron chi connectivity index (χ1n) is 4.85. The fraction of sp³-hybridized carbons (Fsp3) is 0. The van der Waals surface area contributed by atoms with Crippen LogP contribution in [0.25, 0.3) is 0 Å². The van der Waals surface area contributed by atoms with Gasteiger partial charge in [-0.2, -0.15) is 0 Å². The molecule has 0 aliphatic carbocycles. The Bertz CT molecular complexity index is 727. The lowest BCUT2D eigenvalue weighted by molar-refractivity contribution is 0.0702. The number of anilines is 1. The SMILES string of the molecule is O=C(O)c1cc(S(=O)(=O)Nc2cccnc2Cl)cs1. The molecule has 100 valence electrons. The topological polar surface area (TPSA) is 96.4 Å². The molecule has 0 aliphatic rings. The van der Waals surface area contributed by atoms with Gasteiger partial charge in [0, 0.05) is 11.6 Å². The van der Waals surface area contributed by atoms with Gasteiger partial charge < -0.3 is 5.11 Å². The lowest BCUT2D eigenvalue weighted by atomic mass is 10.4. The summed E-state index contributed by atoms with van der Waals surface area (Å²) in [5.74, 6) is -1.18. The zero-order valence-corrected chi connectivity index (χ0v) is 11.6. The summed E-state index contributed by atoms with van der Waals surface area (Å²) in [6.07, 6.45) is 1.42. The Morgan fingerprint density at radius 3 is 2.79 bits per heavy atom. The quantitative estimate of drug-likeness (QED) is 0.843. The smallest absolute Gasteiger partial charge is 0.345 e. The third-order valence-electron chi connectivity index (χ3n) is 2.10. The van der Waals surface area contributed by atoms with Crippen LogP contribution in [0.15, 0.2) is 34.7 Å². The van der Waals surface area contributed by atoms with Gasteiger partial charge in [0.1, 0.15) is 4.88 Å². The fourth-order valence-corrected chi connectivity index (χ4v) is 3.64. The number of aromatic nitrogens is 1. The molecule has 0 aromatic carbocycles. The normalized spacial score (nSPS) is 11.2. The van der Waals surface area contributed by atoms with E-state index in [-0.39, 0.29) is 20.6 Å². The lowest BCUT2D eigenvalue weighted by Crippen LogP contribution is -2.12. The highest BCUT2D eigenvalue weighted by molar-refractivity contribution is 7.92. The van der Waals surface area contributed by atoms with Gasteiger partial charge in [-0.3, -0.25) is 4.72 Å². The lowest BCUT2D eigenvalue weighted by Gasteiger charge is -2.06. The van der Waals surface area contributed by atoms with Crippen molar-refractivity contribution in [1.29, 1.82) is 0 Å². The monoisotopic (exact) mass is 318 g/mol. The van der Waals surface area contributed by atoms with E-state index in [1.807, 2.05) is 0 Å². The van der Waals surface area contributed by atoms with E-state index < -0.39 is 16.0 Å². The Labute approximate surface area is 117 Å². The van der Waals surface area contributed by atoms with Crippen LogP contribution in [0.4, 0.5) is 5.69 Å². The van der Waals surface area contributed by atoms with E-state index in [9.17, 15) is 13.2 Å². The molecule has 0 amide bonds. The molecule has 0 radical (unpaired) electrons. The molecule has 0 saturated carbocycles. The summed E-state index contributed by atoms with van der Waals surface area (Å²) in [7, 11) is -3.88. The van der Waals surface area contributed by atoms with Crippen LogP contribution in [0.3, 0.4) is 0 Å². The number of rotatable bonds is 4. The average molecular weight is 319 g/mol. The van der Waals surface area contributed by atoms with Crippen molar-refractivity contribution in [3.63, 3.8) is 0 Å². The maximum atomic E-state index is 12.0. The first-order chi connectivity index (χ1) is 8.90. The molecular weight excluding hydrogens is 312 g/mol. The minimum atomic E-state index is -3.88. The fourth-order valence-electron chi connectivity index (χ4n) is 1.24. The Morgan fingerprint density at radius 2 is 2.21 bits per heavy atom. The number of hydrogen-bond acceptors (Lipinski definition) is 5. The number of hydrogen-bond donors (Lipinski definition) is 2. The maximum Gasteiger partial charge on any atom is 0.345 e. The molecule has 9 heteroatoms. The number of thiophene rings is 1. The number of pyridine rings is 1. The second-order valence-corrected chi connectivity index (χ2v) is 6.35. The van der Waals surface area contributed by atoms with Gasteiger partial charge >= 0.3 is 5.97 Å². The van der Waals surface area contributed by atoms with Crippen LogP contribution in [0, 0.1) is 0 Å². The molecule has 2 N–H and O–H groups in total. The van der Waals surface area contributed by atoms with E-state index in [1.165, 1.54) is 23.7 Å². The molecule has 0 saturated heterocycles. The van der Waals surface area contributed by atoms with Crippen LogP contribution < -0.4 is 4.72 Å².